The molecule has 0 spiro atoms. The summed E-state index contributed by atoms with van der Waals surface area (Å²) in [5.74, 6) is -0.642. The van der Waals surface area contributed by atoms with Crippen molar-refractivity contribution in [3.63, 3.8) is 0 Å². The molecule has 1 aliphatic heterocycles. The van der Waals surface area contributed by atoms with Crippen molar-refractivity contribution < 1.29 is 23.5 Å². The van der Waals surface area contributed by atoms with Crippen LogP contribution in [0.2, 0.25) is 0 Å². The number of halogens is 1. The Balaban J connectivity index is 1.87. The van der Waals surface area contributed by atoms with Gasteiger partial charge in [-0.05, 0) is 30.2 Å². The zero-order chi connectivity index (χ0) is 15.4. The van der Waals surface area contributed by atoms with Gasteiger partial charge in [-0.15, -0.1) is 0 Å². The van der Waals surface area contributed by atoms with Crippen molar-refractivity contribution in [2.45, 2.75) is 6.92 Å². The zero-order valence-corrected chi connectivity index (χ0v) is 12.0. The SMILES string of the molecule is COC(=O)C1CN(C(=O)COc2ccc(F)cc2)CC1C. The van der Waals surface area contributed by atoms with Crippen LogP contribution in [0.25, 0.3) is 0 Å². The molecule has 21 heavy (non-hydrogen) atoms. The lowest BCUT2D eigenvalue weighted by Gasteiger charge is -2.16. The molecule has 0 aromatic heterocycles. The second-order valence-electron chi connectivity index (χ2n) is 5.15. The van der Waals surface area contributed by atoms with Gasteiger partial charge in [-0.2, -0.15) is 0 Å². The monoisotopic (exact) mass is 295 g/mol. The van der Waals surface area contributed by atoms with E-state index in [0.29, 0.717) is 18.8 Å². The van der Waals surface area contributed by atoms with E-state index in [1.54, 1.807) is 4.90 Å². The predicted molar refractivity (Wildman–Crippen MR) is 73.1 cm³/mol. The summed E-state index contributed by atoms with van der Waals surface area (Å²) in [6, 6.07) is 5.47. The highest BCUT2D eigenvalue weighted by molar-refractivity contribution is 5.80. The van der Waals surface area contributed by atoms with E-state index in [9.17, 15) is 14.0 Å². The molecule has 0 bridgehead atoms. The van der Waals surface area contributed by atoms with Gasteiger partial charge in [0.05, 0.1) is 13.0 Å². The standard InChI is InChI=1S/C15H18FNO4/c1-10-7-17(8-13(10)15(19)20-2)14(18)9-21-12-5-3-11(16)4-6-12/h3-6,10,13H,7-9H2,1-2H3. The Labute approximate surface area is 122 Å². The van der Waals surface area contributed by atoms with E-state index in [-0.39, 0.29) is 36.1 Å². The molecule has 1 aliphatic rings. The van der Waals surface area contributed by atoms with Gasteiger partial charge < -0.3 is 14.4 Å². The zero-order valence-electron chi connectivity index (χ0n) is 12.0. The Hall–Kier alpha value is -2.11. The fraction of sp³-hybridized carbons (Fsp3) is 0.467. The van der Waals surface area contributed by atoms with Crippen LogP contribution >= 0.6 is 0 Å². The van der Waals surface area contributed by atoms with Gasteiger partial charge in [0.15, 0.2) is 6.61 Å². The maximum atomic E-state index is 12.8. The first kappa shape index (κ1) is 15.3. The normalized spacial score (nSPS) is 21.2. The lowest BCUT2D eigenvalue weighted by atomic mass is 9.99. The maximum Gasteiger partial charge on any atom is 0.310 e. The Morgan fingerprint density at radius 2 is 1.95 bits per heavy atom. The Bertz CT molecular complexity index is 517. The van der Waals surface area contributed by atoms with Crippen molar-refractivity contribution >= 4 is 11.9 Å². The number of carbonyl (C=O) groups excluding carboxylic acids is 2. The van der Waals surface area contributed by atoms with Gasteiger partial charge >= 0.3 is 5.97 Å². The number of ether oxygens (including phenoxy) is 2. The number of amides is 1. The molecule has 1 saturated heterocycles. The third-order valence-corrected chi connectivity index (χ3v) is 3.64. The molecule has 2 atom stereocenters. The fourth-order valence-electron chi connectivity index (χ4n) is 2.40. The largest absolute Gasteiger partial charge is 0.484 e. The number of benzene rings is 1. The van der Waals surface area contributed by atoms with Gasteiger partial charge in [-0.25, -0.2) is 4.39 Å². The van der Waals surface area contributed by atoms with Crippen molar-refractivity contribution in [2.75, 3.05) is 26.8 Å². The molecule has 2 rings (SSSR count). The molecular weight excluding hydrogens is 277 g/mol. The maximum absolute atomic E-state index is 12.8. The Morgan fingerprint density at radius 1 is 1.29 bits per heavy atom. The molecule has 0 radical (unpaired) electrons. The van der Waals surface area contributed by atoms with Crippen LogP contribution in [0.1, 0.15) is 6.92 Å². The molecule has 6 heteroatoms. The van der Waals surface area contributed by atoms with Crippen LogP contribution in [0.5, 0.6) is 5.75 Å². The molecule has 1 heterocycles. The average Bonchev–Trinajstić information content (AvgIpc) is 2.87. The van der Waals surface area contributed by atoms with Crippen LogP contribution in [0, 0.1) is 17.7 Å². The molecule has 0 saturated carbocycles. The summed E-state index contributed by atoms with van der Waals surface area (Å²) in [6.07, 6.45) is 0. The minimum absolute atomic E-state index is 0.0622. The number of methoxy groups -OCH3 is 1. The Kier molecular flexibility index (Phi) is 4.77. The fourth-order valence-corrected chi connectivity index (χ4v) is 2.40. The lowest BCUT2D eigenvalue weighted by Crippen LogP contribution is -2.34. The topological polar surface area (TPSA) is 55.8 Å². The number of esters is 1. The minimum Gasteiger partial charge on any atom is -0.484 e. The number of nitrogens with zero attached hydrogens (tertiary/aromatic N) is 1. The molecule has 5 nitrogen and oxygen atoms in total. The number of hydrogen-bond donors (Lipinski definition) is 0. The summed E-state index contributed by atoms with van der Waals surface area (Å²) in [4.78, 5) is 25.2. The van der Waals surface area contributed by atoms with Crippen LogP contribution in [0.15, 0.2) is 24.3 Å². The first-order valence-electron chi connectivity index (χ1n) is 6.75. The minimum atomic E-state index is -0.358. The molecule has 1 aromatic rings. The molecular formula is C15H18FNO4. The van der Waals surface area contributed by atoms with Crippen LogP contribution in [0.4, 0.5) is 4.39 Å². The number of carbonyl (C=O) groups is 2. The van der Waals surface area contributed by atoms with E-state index in [1.165, 1.54) is 31.4 Å². The third kappa shape index (κ3) is 3.71. The van der Waals surface area contributed by atoms with E-state index in [0.717, 1.165) is 0 Å². The molecule has 2 unspecified atom stereocenters. The summed E-state index contributed by atoms with van der Waals surface area (Å²) in [7, 11) is 1.34. The molecule has 0 aliphatic carbocycles. The van der Waals surface area contributed by atoms with Gasteiger partial charge in [0.1, 0.15) is 11.6 Å². The summed E-state index contributed by atoms with van der Waals surface area (Å²) >= 11 is 0. The second-order valence-corrected chi connectivity index (χ2v) is 5.15. The van der Waals surface area contributed by atoms with Gasteiger partial charge in [-0.3, -0.25) is 9.59 Å². The van der Waals surface area contributed by atoms with Crippen molar-refractivity contribution in [1.29, 1.82) is 0 Å². The lowest BCUT2D eigenvalue weighted by molar-refractivity contribution is -0.146. The van der Waals surface area contributed by atoms with Crippen LogP contribution in [-0.4, -0.2) is 43.6 Å². The van der Waals surface area contributed by atoms with Crippen LogP contribution < -0.4 is 4.74 Å². The third-order valence-electron chi connectivity index (χ3n) is 3.64. The quantitative estimate of drug-likeness (QED) is 0.789. The number of likely N-dealkylation sites (tertiary alicyclic amines) is 1. The van der Waals surface area contributed by atoms with E-state index in [2.05, 4.69) is 0 Å². The van der Waals surface area contributed by atoms with Gasteiger partial charge in [0, 0.05) is 13.1 Å². The van der Waals surface area contributed by atoms with Crippen molar-refractivity contribution in [3.8, 4) is 5.75 Å². The highest BCUT2D eigenvalue weighted by atomic mass is 19.1. The molecule has 1 amide bonds. The second kappa shape index (κ2) is 6.56. The number of rotatable bonds is 4. The summed E-state index contributed by atoms with van der Waals surface area (Å²) in [5.41, 5.74) is 0. The van der Waals surface area contributed by atoms with Crippen molar-refractivity contribution in [2.24, 2.45) is 11.8 Å². The average molecular weight is 295 g/mol. The first-order chi connectivity index (χ1) is 10.0. The summed E-state index contributed by atoms with van der Waals surface area (Å²) < 4.78 is 22.8. The summed E-state index contributed by atoms with van der Waals surface area (Å²) in [5, 5.41) is 0. The molecule has 0 N–H and O–H groups in total. The van der Waals surface area contributed by atoms with Crippen molar-refractivity contribution in [1.82, 2.24) is 4.90 Å². The van der Waals surface area contributed by atoms with Crippen LogP contribution in [0.3, 0.4) is 0 Å². The Morgan fingerprint density at radius 3 is 2.57 bits per heavy atom. The molecule has 1 aromatic carbocycles. The molecule has 1 fully saturated rings. The first-order valence-corrected chi connectivity index (χ1v) is 6.75. The van der Waals surface area contributed by atoms with Crippen LogP contribution in [-0.2, 0) is 14.3 Å². The number of hydrogen-bond acceptors (Lipinski definition) is 4. The van der Waals surface area contributed by atoms with Gasteiger partial charge in [0.2, 0.25) is 0 Å². The highest BCUT2D eigenvalue weighted by Gasteiger charge is 2.37. The predicted octanol–water partition coefficient (Wildman–Crippen LogP) is 1.47. The smallest absolute Gasteiger partial charge is 0.310 e. The van der Waals surface area contributed by atoms with E-state index in [1.807, 2.05) is 6.92 Å². The van der Waals surface area contributed by atoms with Crippen molar-refractivity contribution in [3.05, 3.63) is 30.1 Å². The van der Waals surface area contributed by atoms with E-state index in [4.69, 9.17) is 9.47 Å². The van der Waals surface area contributed by atoms with E-state index < -0.39 is 0 Å². The van der Waals surface area contributed by atoms with Gasteiger partial charge in [-0.1, -0.05) is 6.92 Å². The highest BCUT2D eigenvalue weighted by Crippen LogP contribution is 2.24. The molecule has 114 valence electrons. The van der Waals surface area contributed by atoms with Gasteiger partial charge in [0.25, 0.3) is 5.91 Å². The summed E-state index contributed by atoms with van der Waals surface area (Å²) in [6.45, 7) is 2.63. The van der Waals surface area contributed by atoms with E-state index >= 15 is 0 Å².